The van der Waals surface area contributed by atoms with E-state index < -0.39 is 0 Å². The Morgan fingerprint density at radius 3 is 2.42 bits per heavy atom. The molecule has 2 rings (SSSR count). The highest BCUT2D eigenvalue weighted by Crippen LogP contribution is 2.08. The lowest BCUT2D eigenvalue weighted by Gasteiger charge is -2.37. The molecule has 0 radical (unpaired) electrons. The van der Waals surface area contributed by atoms with Crippen molar-refractivity contribution >= 4 is 5.91 Å². The summed E-state index contributed by atoms with van der Waals surface area (Å²) >= 11 is 0. The second kappa shape index (κ2) is 6.68. The molecule has 0 aliphatic carbocycles. The van der Waals surface area contributed by atoms with Crippen molar-refractivity contribution in [2.45, 2.75) is 19.4 Å². The number of carbonyl (C=O) groups is 1. The molecule has 1 aromatic carbocycles. The van der Waals surface area contributed by atoms with E-state index in [9.17, 15) is 4.79 Å². The molecule has 1 heterocycles. The lowest BCUT2D eigenvalue weighted by Crippen LogP contribution is -2.53. The third-order valence-corrected chi connectivity index (χ3v) is 3.83. The standard InChI is InChI=1S/C15H23N3O/c1-13(12-16)17-7-9-18(10-8-17)15(19)11-14-5-3-2-4-6-14/h2-6,13H,7-12,16H2,1H3. The molecule has 1 saturated heterocycles. The predicted molar refractivity (Wildman–Crippen MR) is 76.8 cm³/mol. The highest BCUT2D eigenvalue weighted by molar-refractivity contribution is 5.78. The summed E-state index contributed by atoms with van der Waals surface area (Å²) in [6, 6.07) is 10.3. The number of hydrogen-bond donors (Lipinski definition) is 1. The lowest BCUT2D eigenvalue weighted by atomic mass is 10.1. The number of hydrogen-bond acceptors (Lipinski definition) is 3. The van der Waals surface area contributed by atoms with Gasteiger partial charge in [0.2, 0.25) is 5.91 Å². The van der Waals surface area contributed by atoms with E-state index in [0.717, 1.165) is 31.7 Å². The summed E-state index contributed by atoms with van der Waals surface area (Å²) in [6.45, 7) is 6.31. The van der Waals surface area contributed by atoms with E-state index in [2.05, 4.69) is 11.8 Å². The van der Waals surface area contributed by atoms with Gasteiger partial charge >= 0.3 is 0 Å². The van der Waals surface area contributed by atoms with E-state index in [0.29, 0.717) is 19.0 Å². The predicted octanol–water partition coefficient (Wildman–Crippen LogP) is 0.721. The van der Waals surface area contributed by atoms with Crippen molar-refractivity contribution in [1.82, 2.24) is 9.80 Å². The fourth-order valence-corrected chi connectivity index (χ4v) is 2.44. The third-order valence-electron chi connectivity index (χ3n) is 3.83. The van der Waals surface area contributed by atoms with Crippen LogP contribution in [0.15, 0.2) is 30.3 Å². The van der Waals surface area contributed by atoms with E-state index in [4.69, 9.17) is 5.73 Å². The van der Waals surface area contributed by atoms with Gasteiger partial charge in [-0.2, -0.15) is 0 Å². The Labute approximate surface area is 115 Å². The van der Waals surface area contributed by atoms with Gasteiger partial charge in [0.25, 0.3) is 0 Å². The van der Waals surface area contributed by atoms with Crippen LogP contribution in [0.1, 0.15) is 12.5 Å². The van der Waals surface area contributed by atoms with Crippen LogP contribution in [0.2, 0.25) is 0 Å². The molecule has 2 N–H and O–H groups in total. The minimum absolute atomic E-state index is 0.228. The van der Waals surface area contributed by atoms with Gasteiger partial charge in [0, 0.05) is 38.8 Å². The van der Waals surface area contributed by atoms with Gasteiger partial charge in [-0.05, 0) is 12.5 Å². The first-order valence-corrected chi connectivity index (χ1v) is 6.96. The van der Waals surface area contributed by atoms with Gasteiger partial charge in [-0.3, -0.25) is 9.69 Å². The maximum absolute atomic E-state index is 12.2. The monoisotopic (exact) mass is 261 g/mol. The topological polar surface area (TPSA) is 49.6 Å². The van der Waals surface area contributed by atoms with Gasteiger partial charge in [-0.1, -0.05) is 30.3 Å². The van der Waals surface area contributed by atoms with Crippen LogP contribution < -0.4 is 5.73 Å². The first-order chi connectivity index (χ1) is 9.20. The summed E-state index contributed by atoms with van der Waals surface area (Å²) in [5, 5.41) is 0. The van der Waals surface area contributed by atoms with Crippen molar-refractivity contribution in [3.05, 3.63) is 35.9 Å². The van der Waals surface area contributed by atoms with E-state index in [1.54, 1.807) is 0 Å². The summed E-state index contributed by atoms with van der Waals surface area (Å²) in [4.78, 5) is 16.5. The normalized spacial score (nSPS) is 18.3. The molecule has 1 aromatic rings. The van der Waals surface area contributed by atoms with Crippen LogP contribution in [-0.2, 0) is 11.2 Å². The smallest absolute Gasteiger partial charge is 0.227 e. The lowest BCUT2D eigenvalue weighted by molar-refractivity contribution is -0.132. The van der Waals surface area contributed by atoms with Crippen molar-refractivity contribution in [2.75, 3.05) is 32.7 Å². The van der Waals surface area contributed by atoms with Crippen molar-refractivity contribution in [3.63, 3.8) is 0 Å². The van der Waals surface area contributed by atoms with Crippen LogP contribution in [0.3, 0.4) is 0 Å². The maximum Gasteiger partial charge on any atom is 0.227 e. The third kappa shape index (κ3) is 3.78. The second-order valence-corrected chi connectivity index (χ2v) is 5.16. The molecule has 1 aliphatic heterocycles. The van der Waals surface area contributed by atoms with Crippen LogP contribution in [0.5, 0.6) is 0 Å². The summed E-state index contributed by atoms with van der Waals surface area (Å²) < 4.78 is 0. The van der Waals surface area contributed by atoms with Crippen molar-refractivity contribution in [2.24, 2.45) is 5.73 Å². The average Bonchev–Trinajstić information content (AvgIpc) is 2.47. The molecule has 0 saturated carbocycles. The molecule has 104 valence electrons. The molecule has 1 fully saturated rings. The van der Waals surface area contributed by atoms with Crippen LogP contribution in [0, 0.1) is 0 Å². The number of rotatable bonds is 4. The SMILES string of the molecule is CC(CN)N1CCN(C(=O)Cc2ccccc2)CC1. The largest absolute Gasteiger partial charge is 0.340 e. The summed E-state index contributed by atoms with van der Waals surface area (Å²) in [5.74, 6) is 0.228. The summed E-state index contributed by atoms with van der Waals surface area (Å²) in [7, 11) is 0. The number of nitrogens with two attached hydrogens (primary N) is 1. The molecule has 0 aromatic heterocycles. The van der Waals surface area contributed by atoms with Crippen molar-refractivity contribution in [1.29, 1.82) is 0 Å². The highest BCUT2D eigenvalue weighted by atomic mass is 16.2. The van der Waals surface area contributed by atoms with Crippen LogP contribution >= 0.6 is 0 Å². The first kappa shape index (κ1) is 14.0. The van der Waals surface area contributed by atoms with E-state index in [-0.39, 0.29) is 5.91 Å². The first-order valence-electron chi connectivity index (χ1n) is 6.96. The van der Waals surface area contributed by atoms with Crippen molar-refractivity contribution in [3.8, 4) is 0 Å². The second-order valence-electron chi connectivity index (χ2n) is 5.16. The van der Waals surface area contributed by atoms with E-state index in [1.807, 2.05) is 35.2 Å². The highest BCUT2D eigenvalue weighted by Gasteiger charge is 2.23. The van der Waals surface area contributed by atoms with Gasteiger partial charge in [0.1, 0.15) is 0 Å². The molecule has 0 spiro atoms. The molecule has 4 heteroatoms. The average molecular weight is 261 g/mol. The molecule has 1 aliphatic rings. The van der Waals surface area contributed by atoms with Gasteiger partial charge in [0.05, 0.1) is 6.42 Å². The summed E-state index contributed by atoms with van der Waals surface area (Å²) in [6.07, 6.45) is 0.507. The number of piperazine rings is 1. The zero-order valence-corrected chi connectivity index (χ0v) is 11.6. The Bertz CT molecular complexity index is 399. The molecule has 1 unspecified atom stereocenters. The number of nitrogens with zero attached hydrogens (tertiary/aromatic N) is 2. The van der Waals surface area contributed by atoms with E-state index in [1.165, 1.54) is 0 Å². The molecule has 0 bridgehead atoms. The Morgan fingerprint density at radius 1 is 1.21 bits per heavy atom. The minimum atomic E-state index is 0.228. The Morgan fingerprint density at radius 2 is 1.84 bits per heavy atom. The minimum Gasteiger partial charge on any atom is -0.340 e. The van der Waals surface area contributed by atoms with Gasteiger partial charge in [-0.25, -0.2) is 0 Å². The Kier molecular flexibility index (Phi) is 4.93. The van der Waals surface area contributed by atoms with Crippen LogP contribution in [0.25, 0.3) is 0 Å². The Hall–Kier alpha value is -1.39. The van der Waals surface area contributed by atoms with Crippen molar-refractivity contribution < 1.29 is 4.79 Å². The van der Waals surface area contributed by atoms with Crippen LogP contribution in [0.4, 0.5) is 0 Å². The zero-order chi connectivity index (χ0) is 13.7. The molecular weight excluding hydrogens is 238 g/mol. The molecule has 4 nitrogen and oxygen atoms in total. The molecule has 1 atom stereocenters. The zero-order valence-electron chi connectivity index (χ0n) is 11.6. The Balaban J connectivity index is 1.83. The molecule has 19 heavy (non-hydrogen) atoms. The summed E-state index contributed by atoms with van der Waals surface area (Å²) in [5.41, 5.74) is 6.77. The van der Waals surface area contributed by atoms with Gasteiger partial charge < -0.3 is 10.6 Å². The van der Waals surface area contributed by atoms with E-state index >= 15 is 0 Å². The number of carbonyl (C=O) groups excluding carboxylic acids is 1. The van der Waals surface area contributed by atoms with Gasteiger partial charge in [-0.15, -0.1) is 0 Å². The fourth-order valence-electron chi connectivity index (χ4n) is 2.44. The van der Waals surface area contributed by atoms with Crippen LogP contribution in [-0.4, -0.2) is 54.5 Å². The number of benzene rings is 1. The number of amides is 1. The van der Waals surface area contributed by atoms with Gasteiger partial charge in [0.15, 0.2) is 0 Å². The fraction of sp³-hybridized carbons (Fsp3) is 0.533. The quantitative estimate of drug-likeness (QED) is 0.869. The maximum atomic E-state index is 12.2. The molecular formula is C15H23N3O. The molecule has 1 amide bonds.